The van der Waals surface area contributed by atoms with E-state index in [1.54, 1.807) is 16.9 Å². The van der Waals surface area contributed by atoms with E-state index in [2.05, 4.69) is 20.6 Å². The summed E-state index contributed by atoms with van der Waals surface area (Å²) in [4.78, 5) is 19.3. The molecule has 5 aromatic rings. The van der Waals surface area contributed by atoms with Crippen LogP contribution in [0.3, 0.4) is 0 Å². The molecule has 0 bridgehead atoms. The number of carbonyl (C=O) groups excluding carboxylic acids is 1. The number of benzene rings is 1. The van der Waals surface area contributed by atoms with E-state index >= 15 is 0 Å². The van der Waals surface area contributed by atoms with Crippen LogP contribution < -0.4 is 20.7 Å². The molecule has 2 atom stereocenters. The molecule has 1 fully saturated rings. The third-order valence-electron chi connectivity index (χ3n) is 6.96. The second-order valence-electron chi connectivity index (χ2n) is 9.43. The van der Waals surface area contributed by atoms with Crippen LogP contribution in [0.5, 0.6) is 5.75 Å². The number of hydrogen-bond acceptors (Lipinski definition) is 7. The highest BCUT2D eigenvalue weighted by Gasteiger charge is 2.30. The standard InChI is InChI=1S/C27H26F2N8O2/c1-2-39-16-10-17(25-18-12-32-34-26(18)35-37(25)13-16)15-6-7-23(31-11-15)36-9-8-22(21(30)14-36)33-27(38)24-19(28)4-3-5-20(24)29/h3-7,10-13,21-22H,2,8-9,14,30H2,1H3,(H,33,38)(H,34,35)/t21?,22-/m0/s1. The van der Waals surface area contributed by atoms with E-state index in [1.807, 2.05) is 36.2 Å². The molecule has 6 rings (SSSR count). The molecule has 1 unspecified atom stereocenters. The van der Waals surface area contributed by atoms with Crippen LogP contribution in [0.1, 0.15) is 23.7 Å². The molecule has 0 radical (unpaired) electrons. The zero-order chi connectivity index (χ0) is 27.1. The highest BCUT2D eigenvalue weighted by molar-refractivity contribution is 6.01. The first-order valence-corrected chi connectivity index (χ1v) is 12.6. The highest BCUT2D eigenvalue weighted by Crippen LogP contribution is 2.33. The first-order chi connectivity index (χ1) is 18.9. The van der Waals surface area contributed by atoms with Gasteiger partial charge in [0.1, 0.15) is 28.8 Å². The second kappa shape index (κ2) is 9.95. The van der Waals surface area contributed by atoms with Gasteiger partial charge in [0.2, 0.25) is 0 Å². The van der Waals surface area contributed by atoms with E-state index in [9.17, 15) is 13.6 Å². The Morgan fingerprint density at radius 1 is 1.23 bits per heavy atom. The number of H-pyrrole nitrogens is 1. The molecule has 1 amide bonds. The Hall–Kier alpha value is -4.58. The Morgan fingerprint density at radius 2 is 2.05 bits per heavy atom. The summed E-state index contributed by atoms with van der Waals surface area (Å²) in [5.74, 6) is -1.20. The van der Waals surface area contributed by atoms with Gasteiger partial charge in [0.15, 0.2) is 5.65 Å². The predicted octanol–water partition coefficient (Wildman–Crippen LogP) is 3.29. The summed E-state index contributed by atoms with van der Waals surface area (Å²) >= 11 is 0. The van der Waals surface area contributed by atoms with Gasteiger partial charge in [-0.3, -0.25) is 9.89 Å². The number of nitrogens with two attached hydrogens (primary N) is 1. The summed E-state index contributed by atoms with van der Waals surface area (Å²) in [5, 5.41) is 15.2. The molecule has 10 nitrogen and oxygen atoms in total. The van der Waals surface area contributed by atoms with Crippen molar-refractivity contribution in [1.82, 2.24) is 30.1 Å². The summed E-state index contributed by atoms with van der Waals surface area (Å²) in [5.41, 5.74) is 9.12. The van der Waals surface area contributed by atoms with Gasteiger partial charge in [-0.15, -0.1) is 5.10 Å². The van der Waals surface area contributed by atoms with Crippen molar-refractivity contribution >= 4 is 28.3 Å². The van der Waals surface area contributed by atoms with Gasteiger partial charge in [-0.25, -0.2) is 18.3 Å². The lowest BCUT2D eigenvalue weighted by atomic mass is 9.99. The minimum absolute atomic E-state index is 0.416. The van der Waals surface area contributed by atoms with Gasteiger partial charge in [-0.1, -0.05) is 6.07 Å². The fourth-order valence-electron chi connectivity index (χ4n) is 5.06. The molecule has 1 saturated heterocycles. The van der Waals surface area contributed by atoms with Crippen LogP contribution >= 0.6 is 0 Å². The maximum absolute atomic E-state index is 14.0. The minimum atomic E-state index is -0.906. The van der Waals surface area contributed by atoms with E-state index in [0.717, 1.165) is 40.0 Å². The number of anilines is 1. The number of amides is 1. The van der Waals surface area contributed by atoms with Crippen molar-refractivity contribution in [3.63, 3.8) is 0 Å². The molecule has 1 aliphatic heterocycles. The van der Waals surface area contributed by atoms with Crippen molar-refractivity contribution in [2.75, 3.05) is 24.6 Å². The first kappa shape index (κ1) is 24.7. The Kier molecular flexibility index (Phi) is 6.31. The molecule has 0 spiro atoms. The number of hydrogen-bond donors (Lipinski definition) is 3. The van der Waals surface area contributed by atoms with Crippen LogP contribution in [0.2, 0.25) is 0 Å². The number of piperidine rings is 1. The fraction of sp³-hybridized carbons (Fsp3) is 0.259. The fourth-order valence-corrected chi connectivity index (χ4v) is 5.06. The smallest absolute Gasteiger partial charge is 0.257 e. The third-order valence-corrected chi connectivity index (χ3v) is 6.96. The monoisotopic (exact) mass is 532 g/mol. The topological polar surface area (TPSA) is 126 Å². The van der Waals surface area contributed by atoms with Crippen molar-refractivity contribution in [1.29, 1.82) is 0 Å². The van der Waals surface area contributed by atoms with Crippen molar-refractivity contribution in [3.8, 4) is 16.9 Å². The number of fused-ring (bicyclic) bond motifs is 3. The Labute approximate surface area is 221 Å². The summed E-state index contributed by atoms with van der Waals surface area (Å²) in [6.45, 7) is 3.43. The second-order valence-corrected chi connectivity index (χ2v) is 9.43. The number of ether oxygens (including phenoxy) is 1. The first-order valence-electron chi connectivity index (χ1n) is 12.6. The number of nitrogens with one attached hydrogen (secondary N) is 2. The Bertz CT molecular complexity index is 1650. The molecule has 5 heterocycles. The van der Waals surface area contributed by atoms with Gasteiger partial charge >= 0.3 is 0 Å². The van der Waals surface area contributed by atoms with E-state index < -0.39 is 35.2 Å². The molecule has 1 aromatic carbocycles. The summed E-state index contributed by atoms with van der Waals surface area (Å²) in [6.07, 6.45) is 5.87. The molecule has 0 saturated carbocycles. The average Bonchev–Trinajstić information content (AvgIpc) is 3.51. The van der Waals surface area contributed by atoms with Gasteiger partial charge in [-0.05, 0) is 43.7 Å². The number of halogens is 2. The highest BCUT2D eigenvalue weighted by atomic mass is 19.1. The lowest BCUT2D eigenvalue weighted by Crippen LogP contribution is -2.58. The largest absolute Gasteiger partial charge is 0.492 e. The molecule has 4 aromatic heterocycles. The average molecular weight is 533 g/mol. The van der Waals surface area contributed by atoms with Crippen molar-refractivity contribution in [3.05, 3.63) is 72.2 Å². The molecule has 1 aliphatic rings. The van der Waals surface area contributed by atoms with Crippen molar-refractivity contribution in [2.24, 2.45) is 5.73 Å². The summed E-state index contributed by atoms with van der Waals surface area (Å²) < 4.78 is 35.6. The lowest BCUT2D eigenvalue weighted by molar-refractivity contribution is 0.0917. The van der Waals surface area contributed by atoms with Crippen molar-refractivity contribution in [2.45, 2.75) is 25.4 Å². The minimum Gasteiger partial charge on any atom is -0.492 e. The van der Waals surface area contributed by atoms with Crippen LogP contribution in [0, 0.1) is 11.6 Å². The molecule has 39 heavy (non-hydrogen) atoms. The number of carbonyl (C=O) groups is 1. The number of aromatic amines is 1. The van der Waals surface area contributed by atoms with E-state index in [0.29, 0.717) is 37.5 Å². The van der Waals surface area contributed by atoms with Gasteiger partial charge in [0, 0.05) is 42.5 Å². The quantitative estimate of drug-likeness (QED) is 0.306. The van der Waals surface area contributed by atoms with Crippen LogP contribution in [0.25, 0.3) is 27.7 Å². The van der Waals surface area contributed by atoms with E-state index in [4.69, 9.17) is 15.5 Å². The Morgan fingerprint density at radius 3 is 2.77 bits per heavy atom. The molecular weight excluding hydrogens is 506 g/mol. The molecule has 0 aliphatic carbocycles. The predicted molar refractivity (Wildman–Crippen MR) is 142 cm³/mol. The number of aromatic nitrogens is 5. The number of pyridine rings is 2. The molecular formula is C27H26F2N8O2. The maximum Gasteiger partial charge on any atom is 0.257 e. The van der Waals surface area contributed by atoms with Gasteiger partial charge < -0.3 is 20.7 Å². The Balaban J connectivity index is 1.20. The van der Waals surface area contributed by atoms with Gasteiger partial charge in [0.05, 0.1) is 29.9 Å². The molecule has 12 heteroatoms. The van der Waals surface area contributed by atoms with Crippen LogP contribution in [-0.2, 0) is 0 Å². The zero-order valence-electron chi connectivity index (χ0n) is 21.1. The summed E-state index contributed by atoms with van der Waals surface area (Å²) in [6, 6.07) is 8.30. The SMILES string of the molecule is CCOc1cc(-c2ccc(N3CC[C@H](NC(=O)c4c(F)cccc4F)C(N)C3)nc2)c2c3cn[nH]c3nn2c1. The number of rotatable bonds is 6. The molecule has 200 valence electrons. The van der Waals surface area contributed by atoms with Crippen LogP contribution in [0.15, 0.2) is 55.0 Å². The maximum atomic E-state index is 14.0. The third kappa shape index (κ3) is 4.52. The normalized spacial score (nSPS) is 17.6. The lowest BCUT2D eigenvalue weighted by Gasteiger charge is -2.37. The van der Waals surface area contributed by atoms with Gasteiger partial charge in [0.25, 0.3) is 5.91 Å². The zero-order valence-corrected chi connectivity index (χ0v) is 21.1. The van der Waals surface area contributed by atoms with E-state index in [-0.39, 0.29) is 0 Å². The van der Waals surface area contributed by atoms with Crippen LogP contribution in [0.4, 0.5) is 14.6 Å². The van der Waals surface area contributed by atoms with Crippen LogP contribution in [-0.4, -0.2) is 62.5 Å². The van der Waals surface area contributed by atoms with E-state index in [1.165, 1.54) is 6.07 Å². The number of nitrogens with zero attached hydrogens (tertiary/aromatic N) is 5. The molecule has 4 N–H and O–H groups in total. The van der Waals surface area contributed by atoms with Crippen molar-refractivity contribution < 1.29 is 18.3 Å². The summed E-state index contributed by atoms with van der Waals surface area (Å²) in [7, 11) is 0. The van der Waals surface area contributed by atoms with Gasteiger partial charge in [-0.2, -0.15) is 5.10 Å².